The third-order valence-electron chi connectivity index (χ3n) is 2.92. The van der Waals surface area contributed by atoms with Crippen LogP contribution in [0.25, 0.3) is 10.8 Å². The van der Waals surface area contributed by atoms with Crippen molar-refractivity contribution >= 4 is 20.9 Å². The lowest BCUT2D eigenvalue weighted by Crippen LogP contribution is -2.27. The molecular formula is C14H17NO3S. The van der Waals surface area contributed by atoms with E-state index >= 15 is 0 Å². The maximum Gasteiger partial charge on any atom is 0.313 e. The molecule has 2 rings (SSSR count). The Morgan fingerprint density at radius 1 is 1.00 bits per heavy atom. The molecule has 5 heteroatoms. The largest absolute Gasteiger partial charge is 0.313 e. The Balaban J connectivity index is 2.37. The van der Waals surface area contributed by atoms with E-state index in [0.29, 0.717) is 13.1 Å². The summed E-state index contributed by atoms with van der Waals surface area (Å²) in [5.41, 5.74) is 0. The normalized spacial score (nSPS) is 12.2. The number of nitrogens with zero attached hydrogens (tertiary/aromatic N) is 1. The van der Waals surface area contributed by atoms with Gasteiger partial charge in [0.2, 0.25) is 0 Å². The van der Waals surface area contributed by atoms with E-state index in [1.165, 1.54) is 5.06 Å². The highest BCUT2D eigenvalue weighted by Crippen LogP contribution is 2.20. The first kappa shape index (κ1) is 14.0. The average Bonchev–Trinajstić information content (AvgIpc) is 2.44. The van der Waals surface area contributed by atoms with Gasteiger partial charge in [-0.3, -0.25) is 0 Å². The Kier molecular flexibility index (Phi) is 4.19. The van der Waals surface area contributed by atoms with Crippen LogP contribution < -0.4 is 0 Å². The molecule has 0 saturated carbocycles. The third-order valence-corrected chi connectivity index (χ3v) is 4.16. The average molecular weight is 279 g/mol. The van der Waals surface area contributed by atoms with E-state index in [2.05, 4.69) is 0 Å². The Bertz CT molecular complexity index is 663. The number of hydroxylamine groups is 2. The molecular weight excluding hydrogens is 262 g/mol. The number of hydrogen-bond donors (Lipinski definition) is 0. The number of rotatable bonds is 5. The first-order valence-electron chi connectivity index (χ1n) is 6.25. The monoisotopic (exact) mass is 279 g/mol. The topological polar surface area (TPSA) is 46.6 Å². The highest BCUT2D eigenvalue weighted by Gasteiger charge is 2.19. The molecule has 0 atom stereocenters. The van der Waals surface area contributed by atoms with Gasteiger partial charge < -0.3 is 0 Å². The Morgan fingerprint density at radius 3 is 2.26 bits per heavy atom. The third kappa shape index (κ3) is 3.12. The molecule has 19 heavy (non-hydrogen) atoms. The Morgan fingerprint density at radius 2 is 1.63 bits per heavy atom. The summed E-state index contributed by atoms with van der Waals surface area (Å²) in [6.07, 6.45) is 0. The van der Waals surface area contributed by atoms with Crippen molar-refractivity contribution < 1.29 is 12.7 Å². The van der Waals surface area contributed by atoms with Crippen molar-refractivity contribution in [2.75, 3.05) is 13.1 Å². The predicted molar refractivity (Wildman–Crippen MR) is 75.1 cm³/mol. The SMILES string of the molecule is CCN(CC)OS(=O)(=O)c1ccc2ccccc2c1. The molecule has 0 unspecified atom stereocenters. The van der Waals surface area contributed by atoms with Crippen molar-refractivity contribution in [3.8, 4) is 0 Å². The van der Waals surface area contributed by atoms with E-state index in [-0.39, 0.29) is 4.90 Å². The van der Waals surface area contributed by atoms with Gasteiger partial charge in [-0.1, -0.05) is 44.2 Å². The predicted octanol–water partition coefficient (Wildman–Crippen LogP) is 2.80. The minimum atomic E-state index is -3.75. The summed E-state index contributed by atoms with van der Waals surface area (Å²) >= 11 is 0. The highest BCUT2D eigenvalue weighted by atomic mass is 32.2. The zero-order valence-electron chi connectivity index (χ0n) is 11.0. The lowest BCUT2D eigenvalue weighted by Gasteiger charge is -2.17. The maximum atomic E-state index is 12.1. The van der Waals surface area contributed by atoms with Gasteiger partial charge in [0.05, 0.1) is 4.90 Å². The van der Waals surface area contributed by atoms with Crippen molar-refractivity contribution in [1.29, 1.82) is 0 Å². The zero-order valence-corrected chi connectivity index (χ0v) is 11.9. The second-order valence-corrected chi connectivity index (χ2v) is 5.68. The fourth-order valence-corrected chi connectivity index (χ4v) is 2.91. The van der Waals surface area contributed by atoms with Crippen LogP contribution in [-0.2, 0) is 14.4 Å². The summed E-state index contributed by atoms with van der Waals surface area (Å²) in [5, 5.41) is 3.29. The van der Waals surface area contributed by atoms with E-state index in [9.17, 15) is 8.42 Å². The van der Waals surface area contributed by atoms with Crippen molar-refractivity contribution in [3.05, 3.63) is 42.5 Å². The van der Waals surface area contributed by atoms with E-state index in [0.717, 1.165) is 10.8 Å². The summed E-state index contributed by atoms with van der Waals surface area (Å²) in [6, 6.07) is 12.6. The smallest absolute Gasteiger partial charge is 0.192 e. The molecule has 0 saturated heterocycles. The van der Waals surface area contributed by atoms with E-state index in [4.69, 9.17) is 4.28 Å². The standard InChI is InChI=1S/C14H17NO3S/c1-3-15(4-2)18-19(16,17)14-10-9-12-7-5-6-8-13(12)11-14/h5-11H,3-4H2,1-2H3. The second-order valence-electron chi connectivity index (χ2n) is 4.15. The quantitative estimate of drug-likeness (QED) is 0.790. The molecule has 0 fully saturated rings. The van der Waals surface area contributed by atoms with Crippen molar-refractivity contribution in [1.82, 2.24) is 5.06 Å². The van der Waals surface area contributed by atoms with Gasteiger partial charge in [0.1, 0.15) is 0 Å². The lowest BCUT2D eigenvalue weighted by atomic mass is 10.1. The van der Waals surface area contributed by atoms with E-state index in [1.807, 2.05) is 38.1 Å². The summed E-state index contributed by atoms with van der Waals surface area (Å²) in [7, 11) is -3.75. The zero-order chi connectivity index (χ0) is 13.9. The van der Waals surface area contributed by atoms with Gasteiger partial charge in [0.25, 0.3) is 0 Å². The summed E-state index contributed by atoms with van der Waals surface area (Å²) in [6.45, 7) is 4.73. The molecule has 0 aliphatic heterocycles. The van der Waals surface area contributed by atoms with Crippen LogP contribution in [0.1, 0.15) is 13.8 Å². The molecule has 0 aromatic heterocycles. The molecule has 0 amide bonds. The molecule has 0 aliphatic rings. The summed E-state index contributed by atoms with van der Waals surface area (Å²) < 4.78 is 29.4. The molecule has 0 heterocycles. The maximum absolute atomic E-state index is 12.1. The molecule has 2 aromatic rings. The van der Waals surface area contributed by atoms with Crippen molar-refractivity contribution in [3.63, 3.8) is 0 Å². The molecule has 0 aliphatic carbocycles. The fraction of sp³-hybridized carbons (Fsp3) is 0.286. The first-order chi connectivity index (χ1) is 9.06. The van der Waals surface area contributed by atoms with Gasteiger partial charge in [-0.2, -0.15) is 17.8 Å². The highest BCUT2D eigenvalue weighted by molar-refractivity contribution is 7.86. The van der Waals surface area contributed by atoms with Gasteiger partial charge in [0.15, 0.2) is 0 Å². The van der Waals surface area contributed by atoms with Crippen LogP contribution in [-0.4, -0.2) is 26.6 Å². The van der Waals surface area contributed by atoms with Crippen LogP contribution in [0.5, 0.6) is 0 Å². The molecule has 0 spiro atoms. The number of hydrogen-bond acceptors (Lipinski definition) is 4. The molecule has 4 nitrogen and oxygen atoms in total. The van der Waals surface area contributed by atoms with Crippen molar-refractivity contribution in [2.24, 2.45) is 0 Å². The minimum Gasteiger partial charge on any atom is -0.192 e. The van der Waals surface area contributed by atoms with Crippen LogP contribution in [0, 0.1) is 0 Å². The van der Waals surface area contributed by atoms with Crippen LogP contribution >= 0.6 is 0 Å². The van der Waals surface area contributed by atoms with Gasteiger partial charge in [0, 0.05) is 13.1 Å². The Labute approximate surface area is 113 Å². The number of benzene rings is 2. The van der Waals surface area contributed by atoms with Crippen molar-refractivity contribution in [2.45, 2.75) is 18.7 Å². The van der Waals surface area contributed by atoms with Gasteiger partial charge in [-0.15, -0.1) is 0 Å². The van der Waals surface area contributed by atoms with Crippen LogP contribution in [0.15, 0.2) is 47.4 Å². The summed E-state index contributed by atoms with van der Waals surface area (Å²) in [5.74, 6) is 0. The number of fused-ring (bicyclic) bond motifs is 1. The van der Waals surface area contributed by atoms with Gasteiger partial charge in [-0.05, 0) is 22.9 Å². The van der Waals surface area contributed by atoms with E-state index in [1.54, 1.807) is 18.2 Å². The summed E-state index contributed by atoms with van der Waals surface area (Å²) in [4.78, 5) is 0.179. The molecule has 0 N–H and O–H groups in total. The van der Waals surface area contributed by atoms with Gasteiger partial charge in [-0.25, -0.2) is 0 Å². The minimum absolute atomic E-state index is 0.179. The lowest BCUT2D eigenvalue weighted by molar-refractivity contribution is -0.0413. The molecule has 102 valence electrons. The van der Waals surface area contributed by atoms with Crippen LogP contribution in [0.4, 0.5) is 0 Å². The molecule has 2 aromatic carbocycles. The van der Waals surface area contributed by atoms with E-state index < -0.39 is 10.1 Å². The first-order valence-corrected chi connectivity index (χ1v) is 7.66. The fourth-order valence-electron chi connectivity index (χ4n) is 1.83. The van der Waals surface area contributed by atoms with Crippen LogP contribution in [0.3, 0.4) is 0 Å². The Hall–Kier alpha value is -1.43. The van der Waals surface area contributed by atoms with Crippen LogP contribution in [0.2, 0.25) is 0 Å². The molecule has 0 bridgehead atoms. The second kappa shape index (κ2) is 5.69. The van der Waals surface area contributed by atoms with Gasteiger partial charge >= 0.3 is 10.1 Å². The molecule has 0 radical (unpaired) electrons.